The van der Waals surface area contributed by atoms with Gasteiger partial charge in [0.05, 0.1) is 5.69 Å². The Balaban J connectivity index is 1.86. The summed E-state index contributed by atoms with van der Waals surface area (Å²) >= 11 is 0. The lowest BCUT2D eigenvalue weighted by Gasteiger charge is -2.32. The summed E-state index contributed by atoms with van der Waals surface area (Å²) in [6, 6.07) is 6.35. The standard InChI is InChI=1S/C17H29N3O/c1-14(2)11-18-12-16-5-4-6-17(19-16)20-9-7-15(8-10-20)13-21-3/h4-6,14-15,18H,7-13H2,1-3H3. The highest BCUT2D eigenvalue weighted by Gasteiger charge is 2.20. The van der Waals surface area contributed by atoms with Gasteiger partial charge in [-0.2, -0.15) is 0 Å². The molecule has 0 spiro atoms. The van der Waals surface area contributed by atoms with Crippen molar-refractivity contribution in [1.82, 2.24) is 10.3 Å². The van der Waals surface area contributed by atoms with Crippen molar-refractivity contribution in [2.45, 2.75) is 33.2 Å². The van der Waals surface area contributed by atoms with Crippen LogP contribution in [-0.2, 0) is 11.3 Å². The van der Waals surface area contributed by atoms with E-state index in [4.69, 9.17) is 9.72 Å². The number of methoxy groups -OCH3 is 1. The van der Waals surface area contributed by atoms with Gasteiger partial charge in [0, 0.05) is 33.4 Å². The molecule has 1 aliphatic heterocycles. The number of pyridine rings is 1. The third kappa shape index (κ3) is 5.29. The van der Waals surface area contributed by atoms with E-state index in [1.165, 1.54) is 12.8 Å². The van der Waals surface area contributed by atoms with Crippen molar-refractivity contribution >= 4 is 5.82 Å². The van der Waals surface area contributed by atoms with Crippen molar-refractivity contribution in [3.05, 3.63) is 23.9 Å². The van der Waals surface area contributed by atoms with Crippen LogP contribution in [0.1, 0.15) is 32.4 Å². The number of nitrogens with zero attached hydrogens (tertiary/aromatic N) is 2. The van der Waals surface area contributed by atoms with Crippen molar-refractivity contribution < 1.29 is 4.74 Å². The molecule has 1 aromatic heterocycles. The molecule has 1 aromatic rings. The minimum atomic E-state index is 0.674. The van der Waals surface area contributed by atoms with Gasteiger partial charge in [0.25, 0.3) is 0 Å². The topological polar surface area (TPSA) is 37.4 Å². The Morgan fingerprint density at radius 1 is 1.33 bits per heavy atom. The quantitative estimate of drug-likeness (QED) is 0.838. The fourth-order valence-corrected chi connectivity index (χ4v) is 2.79. The third-order valence-corrected chi connectivity index (χ3v) is 3.99. The van der Waals surface area contributed by atoms with E-state index < -0.39 is 0 Å². The molecule has 118 valence electrons. The first-order chi connectivity index (χ1) is 10.2. The summed E-state index contributed by atoms with van der Waals surface area (Å²) < 4.78 is 5.26. The number of piperidine rings is 1. The van der Waals surface area contributed by atoms with Gasteiger partial charge in [-0.15, -0.1) is 0 Å². The molecule has 1 N–H and O–H groups in total. The molecule has 1 aliphatic rings. The fourth-order valence-electron chi connectivity index (χ4n) is 2.79. The van der Waals surface area contributed by atoms with Crippen LogP contribution in [0.2, 0.25) is 0 Å². The van der Waals surface area contributed by atoms with Gasteiger partial charge in [-0.05, 0) is 43.4 Å². The number of hydrogen-bond donors (Lipinski definition) is 1. The predicted octanol–water partition coefficient (Wildman–Crippen LogP) is 2.69. The number of ether oxygens (including phenoxy) is 1. The molecule has 1 fully saturated rings. The molecular weight excluding hydrogens is 262 g/mol. The van der Waals surface area contributed by atoms with Crippen LogP contribution in [0.5, 0.6) is 0 Å². The van der Waals surface area contributed by atoms with Crippen molar-refractivity contribution in [2.75, 3.05) is 38.3 Å². The zero-order valence-corrected chi connectivity index (χ0v) is 13.6. The Morgan fingerprint density at radius 3 is 2.76 bits per heavy atom. The summed E-state index contributed by atoms with van der Waals surface area (Å²) in [5.41, 5.74) is 1.13. The zero-order valence-electron chi connectivity index (χ0n) is 13.6. The maximum absolute atomic E-state index is 5.26. The van der Waals surface area contributed by atoms with Gasteiger partial charge in [-0.3, -0.25) is 0 Å². The van der Waals surface area contributed by atoms with Crippen LogP contribution in [0.15, 0.2) is 18.2 Å². The zero-order chi connectivity index (χ0) is 15.1. The average molecular weight is 291 g/mol. The van der Waals surface area contributed by atoms with Crippen molar-refractivity contribution in [2.24, 2.45) is 11.8 Å². The Labute approximate surface area is 128 Å². The molecule has 0 bridgehead atoms. The third-order valence-electron chi connectivity index (χ3n) is 3.99. The lowest BCUT2D eigenvalue weighted by molar-refractivity contribution is 0.139. The summed E-state index contributed by atoms with van der Waals surface area (Å²) in [4.78, 5) is 7.20. The fraction of sp³-hybridized carbons (Fsp3) is 0.706. The van der Waals surface area contributed by atoms with Gasteiger partial charge in [-0.25, -0.2) is 4.98 Å². The molecule has 0 unspecified atom stereocenters. The van der Waals surface area contributed by atoms with Crippen molar-refractivity contribution in [3.8, 4) is 0 Å². The van der Waals surface area contributed by atoms with Crippen LogP contribution in [0.4, 0.5) is 5.82 Å². The largest absolute Gasteiger partial charge is 0.384 e. The second-order valence-electron chi connectivity index (χ2n) is 6.40. The van der Waals surface area contributed by atoms with Crippen LogP contribution in [-0.4, -0.2) is 38.3 Å². The summed E-state index contributed by atoms with van der Waals surface area (Å²) in [5.74, 6) is 2.50. The first-order valence-electron chi connectivity index (χ1n) is 8.09. The van der Waals surface area contributed by atoms with Crippen LogP contribution in [0.25, 0.3) is 0 Å². The van der Waals surface area contributed by atoms with E-state index in [9.17, 15) is 0 Å². The van der Waals surface area contributed by atoms with Gasteiger partial charge in [0.1, 0.15) is 5.82 Å². The number of anilines is 1. The van der Waals surface area contributed by atoms with E-state index in [-0.39, 0.29) is 0 Å². The van der Waals surface area contributed by atoms with E-state index in [1.54, 1.807) is 7.11 Å². The molecular formula is C17H29N3O. The van der Waals surface area contributed by atoms with E-state index in [1.807, 2.05) is 0 Å². The highest BCUT2D eigenvalue weighted by molar-refractivity contribution is 5.39. The van der Waals surface area contributed by atoms with Crippen molar-refractivity contribution in [3.63, 3.8) is 0 Å². The van der Waals surface area contributed by atoms with Gasteiger partial charge in [0.2, 0.25) is 0 Å². The summed E-state index contributed by atoms with van der Waals surface area (Å²) in [5, 5.41) is 3.46. The number of nitrogens with one attached hydrogen (secondary N) is 1. The first kappa shape index (κ1) is 16.2. The van der Waals surface area contributed by atoms with Gasteiger partial charge in [0.15, 0.2) is 0 Å². The molecule has 0 aliphatic carbocycles. The predicted molar refractivity (Wildman–Crippen MR) is 87.6 cm³/mol. The van der Waals surface area contributed by atoms with Gasteiger partial charge < -0.3 is 15.0 Å². The summed E-state index contributed by atoms with van der Waals surface area (Å²) in [6.07, 6.45) is 2.40. The SMILES string of the molecule is COCC1CCN(c2cccc(CNCC(C)C)n2)CC1. The van der Waals surface area contributed by atoms with E-state index in [0.717, 1.165) is 44.3 Å². The molecule has 21 heavy (non-hydrogen) atoms. The second-order valence-corrected chi connectivity index (χ2v) is 6.40. The first-order valence-corrected chi connectivity index (χ1v) is 8.09. The Kier molecular flexibility index (Phi) is 6.46. The highest BCUT2D eigenvalue weighted by atomic mass is 16.5. The molecule has 4 heteroatoms. The molecule has 0 atom stereocenters. The highest BCUT2D eigenvalue weighted by Crippen LogP contribution is 2.22. The van der Waals surface area contributed by atoms with Gasteiger partial charge in [-0.1, -0.05) is 19.9 Å². The Morgan fingerprint density at radius 2 is 2.10 bits per heavy atom. The monoisotopic (exact) mass is 291 g/mol. The van der Waals surface area contributed by atoms with Crippen LogP contribution in [0, 0.1) is 11.8 Å². The normalized spacial score (nSPS) is 16.7. The maximum Gasteiger partial charge on any atom is 0.128 e. The number of hydrogen-bond acceptors (Lipinski definition) is 4. The van der Waals surface area contributed by atoms with E-state index >= 15 is 0 Å². The maximum atomic E-state index is 5.26. The van der Waals surface area contributed by atoms with Crippen molar-refractivity contribution in [1.29, 1.82) is 0 Å². The molecule has 0 radical (unpaired) electrons. The smallest absolute Gasteiger partial charge is 0.128 e. The minimum absolute atomic E-state index is 0.674. The molecule has 1 saturated heterocycles. The number of aromatic nitrogens is 1. The lowest BCUT2D eigenvalue weighted by atomic mass is 9.98. The lowest BCUT2D eigenvalue weighted by Crippen LogP contribution is -2.35. The molecule has 0 aromatic carbocycles. The van der Waals surface area contributed by atoms with Gasteiger partial charge >= 0.3 is 0 Å². The number of rotatable bonds is 7. The molecule has 0 amide bonds. The molecule has 2 rings (SSSR count). The molecule has 2 heterocycles. The summed E-state index contributed by atoms with van der Waals surface area (Å²) in [6.45, 7) is 9.40. The van der Waals surface area contributed by atoms with E-state index in [2.05, 4.69) is 42.3 Å². The average Bonchev–Trinajstić information content (AvgIpc) is 2.48. The Hall–Kier alpha value is -1.13. The van der Waals surface area contributed by atoms with Crippen LogP contribution >= 0.6 is 0 Å². The Bertz CT molecular complexity index is 414. The molecule has 0 saturated carbocycles. The van der Waals surface area contributed by atoms with Crippen LogP contribution < -0.4 is 10.2 Å². The van der Waals surface area contributed by atoms with Crippen LogP contribution in [0.3, 0.4) is 0 Å². The minimum Gasteiger partial charge on any atom is -0.384 e. The van der Waals surface area contributed by atoms with E-state index in [0.29, 0.717) is 11.8 Å². The summed E-state index contributed by atoms with van der Waals surface area (Å²) in [7, 11) is 1.79. The molecule has 4 nitrogen and oxygen atoms in total. The second kappa shape index (κ2) is 8.35.